The maximum atomic E-state index is 14.1. The van der Waals surface area contributed by atoms with Crippen molar-refractivity contribution < 1.29 is 23.1 Å². The molecule has 1 aliphatic heterocycles. The Bertz CT molecular complexity index is 1100. The van der Waals surface area contributed by atoms with Crippen LogP contribution in [0.4, 0.5) is 14.5 Å². The van der Waals surface area contributed by atoms with Gasteiger partial charge in [-0.05, 0) is 48.4 Å². The van der Waals surface area contributed by atoms with Gasteiger partial charge in [-0.25, -0.2) is 8.78 Å². The van der Waals surface area contributed by atoms with Crippen molar-refractivity contribution in [3.05, 3.63) is 59.9 Å². The number of nitrogens with zero attached hydrogens (tertiary/aromatic N) is 2. The summed E-state index contributed by atoms with van der Waals surface area (Å²) >= 11 is 0. The molecule has 2 fully saturated rings. The number of hydrogen-bond donors (Lipinski definition) is 2. The van der Waals surface area contributed by atoms with Crippen LogP contribution in [0.2, 0.25) is 0 Å². The lowest BCUT2D eigenvalue weighted by molar-refractivity contribution is -0.128. The Hall–Kier alpha value is -2.91. The number of methoxy groups -OCH3 is 1. The first kappa shape index (κ1) is 28.1. The third-order valence-electron chi connectivity index (χ3n) is 7.54. The molecule has 0 bridgehead atoms. The lowest BCUT2D eigenvalue weighted by Crippen LogP contribution is -2.52. The number of halogens is 2. The van der Waals surface area contributed by atoms with Gasteiger partial charge in [0.2, 0.25) is 17.7 Å². The molecule has 7 nitrogen and oxygen atoms in total. The molecule has 1 aliphatic carbocycles. The van der Waals surface area contributed by atoms with Crippen molar-refractivity contribution in [2.75, 3.05) is 18.6 Å². The van der Waals surface area contributed by atoms with Gasteiger partial charge in [0, 0.05) is 56.2 Å². The van der Waals surface area contributed by atoms with Gasteiger partial charge in [0.15, 0.2) is 0 Å². The number of ether oxygens (including phenoxy) is 1. The average Bonchev–Trinajstić information content (AvgIpc) is 3.38. The van der Waals surface area contributed by atoms with E-state index in [0.29, 0.717) is 24.2 Å². The van der Waals surface area contributed by atoms with Crippen LogP contribution in [0.5, 0.6) is 0 Å². The smallest absolute Gasteiger partial charge is 0.248 e. The zero-order valence-electron chi connectivity index (χ0n) is 22.5. The molecule has 4 rings (SSSR count). The maximum absolute atomic E-state index is 14.1. The van der Waals surface area contributed by atoms with Crippen molar-refractivity contribution >= 4 is 17.5 Å². The van der Waals surface area contributed by atoms with Crippen LogP contribution in [0.1, 0.15) is 70.0 Å². The standard InChI is InChI=1S/C29H38F2N4O3/c1-28(2,3)20-7-9-22(10-8-20)35(27(37)24-16-23(38-4)18-33-24)25(19-6-5-15-32-17-19)26(36)34-21-11-13-29(30,31)14-12-21/h5-10,15,17,21,23-25,33H,11-14,16,18H2,1-4H3,(H,34,36)/t23-,24-,25?/m1/s1. The fourth-order valence-electron chi connectivity index (χ4n) is 5.18. The minimum Gasteiger partial charge on any atom is -0.380 e. The van der Waals surface area contributed by atoms with Crippen LogP contribution < -0.4 is 15.5 Å². The topological polar surface area (TPSA) is 83.6 Å². The van der Waals surface area contributed by atoms with Crippen LogP contribution in [-0.2, 0) is 19.7 Å². The van der Waals surface area contributed by atoms with Crippen LogP contribution in [0.25, 0.3) is 0 Å². The molecule has 2 heterocycles. The van der Waals surface area contributed by atoms with Crippen LogP contribution in [0, 0.1) is 0 Å². The Morgan fingerprint density at radius 2 is 1.84 bits per heavy atom. The van der Waals surface area contributed by atoms with Gasteiger partial charge in [-0.1, -0.05) is 39.0 Å². The molecule has 1 saturated carbocycles. The number of amides is 2. The number of alkyl halides is 2. The summed E-state index contributed by atoms with van der Waals surface area (Å²) < 4.78 is 33.0. The molecule has 1 saturated heterocycles. The largest absolute Gasteiger partial charge is 0.380 e. The van der Waals surface area contributed by atoms with E-state index in [1.165, 1.54) is 4.90 Å². The summed E-state index contributed by atoms with van der Waals surface area (Å²) in [5, 5.41) is 6.20. The molecule has 2 aliphatic rings. The second kappa shape index (κ2) is 11.5. The Kier molecular flexibility index (Phi) is 8.47. The lowest BCUT2D eigenvalue weighted by Gasteiger charge is -2.35. The van der Waals surface area contributed by atoms with Crippen molar-refractivity contribution in [1.29, 1.82) is 0 Å². The summed E-state index contributed by atoms with van der Waals surface area (Å²) in [6.07, 6.45) is 3.39. The molecule has 38 heavy (non-hydrogen) atoms. The molecule has 2 aromatic rings. The molecule has 0 spiro atoms. The van der Waals surface area contributed by atoms with E-state index in [1.54, 1.807) is 31.6 Å². The number of anilines is 1. The minimum absolute atomic E-state index is 0.0881. The summed E-state index contributed by atoms with van der Waals surface area (Å²) in [6, 6.07) is 9.19. The third-order valence-corrected chi connectivity index (χ3v) is 7.54. The van der Waals surface area contributed by atoms with E-state index < -0.39 is 23.9 Å². The van der Waals surface area contributed by atoms with E-state index in [9.17, 15) is 18.4 Å². The number of hydrogen-bond acceptors (Lipinski definition) is 5. The highest BCUT2D eigenvalue weighted by molar-refractivity contribution is 6.04. The SMILES string of the molecule is CO[C@H]1CN[C@@H](C(=O)N(c2ccc(C(C)(C)C)cc2)C(C(=O)NC2CCC(F)(F)CC2)c2cccnc2)C1. The predicted molar refractivity (Wildman–Crippen MR) is 142 cm³/mol. The molecule has 3 atom stereocenters. The van der Waals surface area contributed by atoms with Crippen LogP contribution in [0.3, 0.4) is 0 Å². The van der Waals surface area contributed by atoms with E-state index in [1.807, 2.05) is 24.3 Å². The number of carbonyl (C=O) groups is 2. The Morgan fingerprint density at radius 1 is 1.16 bits per heavy atom. The maximum Gasteiger partial charge on any atom is 0.248 e. The average molecular weight is 529 g/mol. The van der Waals surface area contributed by atoms with E-state index in [-0.39, 0.29) is 49.2 Å². The fraction of sp³-hybridized carbons (Fsp3) is 0.552. The normalized spacial score (nSPS) is 22.6. The first-order valence-electron chi connectivity index (χ1n) is 13.3. The number of benzene rings is 1. The van der Waals surface area contributed by atoms with Crippen LogP contribution in [0.15, 0.2) is 48.8 Å². The number of carbonyl (C=O) groups excluding carboxylic acids is 2. The van der Waals surface area contributed by atoms with E-state index in [2.05, 4.69) is 36.4 Å². The third kappa shape index (κ3) is 6.56. The highest BCUT2D eigenvalue weighted by Gasteiger charge is 2.41. The number of nitrogens with one attached hydrogen (secondary N) is 2. The van der Waals surface area contributed by atoms with Gasteiger partial charge in [-0.15, -0.1) is 0 Å². The van der Waals surface area contributed by atoms with Gasteiger partial charge < -0.3 is 15.4 Å². The lowest BCUT2D eigenvalue weighted by atomic mass is 9.87. The van der Waals surface area contributed by atoms with Gasteiger partial charge in [0.1, 0.15) is 6.04 Å². The summed E-state index contributed by atoms with van der Waals surface area (Å²) in [5.74, 6) is -3.37. The monoisotopic (exact) mass is 528 g/mol. The molecule has 0 radical (unpaired) electrons. The molecular formula is C29H38F2N4O3. The van der Waals surface area contributed by atoms with Gasteiger partial charge in [0.05, 0.1) is 12.1 Å². The Morgan fingerprint density at radius 3 is 2.39 bits per heavy atom. The molecule has 1 aromatic carbocycles. The molecule has 1 aromatic heterocycles. The van der Waals surface area contributed by atoms with Gasteiger partial charge in [0.25, 0.3) is 0 Å². The van der Waals surface area contributed by atoms with Crippen LogP contribution >= 0.6 is 0 Å². The first-order valence-corrected chi connectivity index (χ1v) is 13.3. The second-order valence-corrected chi connectivity index (χ2v) is 11.4. The summed E-state index contributed by atoms with van der Waals surface area (Å²) in [7, 11) is 1.61. The summed E-state index contributed by atoms with van der Waals surface area (Å²) in [4.78, 5) is 33.7. The zero-order valence-corrected chi connectivity index (χ0v) is 22.5. The Balaban J connectivity index is 1.71. The van der Waals surface area contributed by atoms with E-state index >= 15 is 0 Å². The quantitative estimate of drug-likeness (QED) is 0.552. The first-order chi connectivity index (χ1) is 18.0. The molecule has 2 N–H and O–H groups in total. The summed E-state index contributed by atoms with van der Waals surface area (Å²) in [6.45, 7) is 6.86. The molecular weight excluding hydrogens is 490 g/mol. The summed E-state index contributed by atoms with van der Waals surface area (Å²) in [5.41, 5.74) is 2.12. The van der Waals surface area contributed by atoms with Crippen molar-refractivity contribution in [1.82, 2.24) is 15.6 Å². The molecule has 9 heteroatoms. The van der Waals surface area contributed by atoms with Gasteiger partial charge in [-0.2, -0.15) is 0 Å². The predicted octanol–water partition coefficient (Wildman–Crippen LogP) is 4.52. The highest BCUT2D eigenvalue weighted by atomic mass is 19.3. The second-order valence-electron chi connectivity index (χ2n) is 11.4. The fourth-order valence-corrected chi connectivity index (χ4v) is 5.18. The van der Waals surface area contributed by atoms with Gasteiger partial charge in [-0.3, -0.25) is 19.5 Å². The highest BCUT2D eigenvalue weighted by Crippen LogP contribution is 2.35. The number of pyridine rings is 1. The van der Waals surface area contributed by atoms with Crippen molar-refractivity contribution in [2.45, 2.75) is 88.4 Å². The Labute approximate surface area is 223 Å². The van der Waals surface area contributed by atoms with E-state index in [4.69, 9.17) is 4.74 Å². The molecule has 1 unspecified atom stereocenters. The molecule has 2 amide bonds. The van der Waals surface area contributed by atoms with Crippen molar-refractivity contribution in [3.8, 4) is 0 Å². The minimum atomic E-state index is -2.70. The van der Waals surface area contributed by atoms with Crippen LogP contribution in [-0.4, -0.2) is 54.6 Å². The van der Waals surface area contributed by atoms with Crippen molar-refractivity contribution in [2.24, 2.45) is 0 Å². The molecule has 206 valence electrons. The zero-order chi connectivity index (χ0) is 27.5. The van der Waals surface area contributed by atoms with Gasteiger partial charge >= 0.3 is 0 Å². The number of aromatic nitrogens is 1. The van der Waals surface area contributed by atoms with Crippen molar-refractivity contribution in [3.63, 3.8) is 0 Å². The number of rotatable bonds is 7. The van der Waals surface area contributed by atoms with E-state index in [0.717, 1.165) is 5.56 Å².